The maximum absolute atomic E-state index is 12.3. The van der Waals surface area contributed by atoms with Crippen LogP contribution < -0.4 is 15.8 Å². The van der Waals surface area contributed by atoms with E-state index in [4.69, 9.17) is 22.1 Å². The largest absolute Gasteiger partial charge is 0.489 e. The van der Waals surface area contributed by atoms with Gasteiger partial charge in [0.1, 0.15) is 11.8 Å². The Hall–Kier alpha value is -1.75. The molecule has 0 aliphatic heterocycles. The van der Waals surface area contributed by atoms with E-state index in [9.17, 15) is 4.79 Å². The van der Waals surface area contributed by atoms with E-state index in [1.165, 1.54) is 0 Å². The Morgan fingerprint density at radius 3 is 2.33 bits per heavy atom. The van der Waals surface area contributed by atoms with Gasteiger partial charge in [0.25, 0.3) is 0 Å². The van der Waals surface area contributed by atoms with Gasteiger partial charge in [-0.25, -0.2) is 0 Å². The van der Waals surface area contributed by atoms with Crippen LogP contribution in [0.25, 0.3) is 0 Å². The molecule has 0 saturated heterocycles. The molecule has 1 atom stereocenters. The molecule has 0 saturated carbocycles. The summed E-state index contributed by atoms with van der Waals surface area (Å²) < 4.78 is 5.56. The number of halogens is 2. The van der Waals surface area contributed by atoms with Gasteiger partial charge in [-0.15, -0.1) is 12.4 Å². The first-order chi connectivity index (χ1) is 10.9. The standard InChI is InChI=1S/C18H21ClN2O2.ClH/c1-11(2)23-16-9-8-14(10-15(16)19)21-18(22)17(20)13-6-4-12(3)5-7-13;/h4-11,17H,20H2,1-3H3,(H,21,22);1H. The molecular formula is C18H22Cl2N2O2. The fourth-order valence-electron chi connectivity index (χ4n) is 2.07. The summed E-state index contributed by atoms with van der Waals surface area (Å²) in [6, 6.07) is 12.0. The normalized spacial score (nSPS) is 11.6. The second-order valence-electron chi connectivity index (χ2n) is 5.69. The maximum Gasteiger partial charge on any atom is 0.245 e. The van der Waals surface area contributed by atoms with E-state index in [1.807, 2.05) is 45.0 Å². The summed E-state index contributed by atoms with van der Waals surface area (Å²) in [7, 11) is 0. The number of anilines is 1. The Balaban J connectivity index is 0.00000288. The number of rotatable bonds is 5. The minimum Gasteiger partial charge on any atom is -0.489 e. The summed E-state index contributed by atoms with van der Waals surface area (Å²) >= 11 is 6.16. The van der Waals surface area contributed by atoms with Crippen LogP contribution in [-0.4, -0.2) is 12.0 Å². The molecule has 130 valence electrons. The number of nitrogens with one attached hydrogen (secondary N) is 1. The molecular weight excluding hydrogens is 347 g/mol. The number of carbonyl (C=O) groups is 1. The first-order valence-electron chi connectivity index (χ1n) is 7.46. The average molecular weight is 369 g/mol. The van der Waals surface area contributed by atoms with Gasteiger partial charge in [-0.3, -0.25) is 4.79 Å². The highest BCUT2D eigenvalue weighted by atomic mass is 35.5. The van der Waals surface area contributed by atoms with E-state index in [0.29, 0.717) is 16.5 Å². The molecule has 24 heavy (non-hydrogen) atoms. The highest BCUT2D eigenvalue weighted by Crippen LogP contribution is 2.28. The number of ether oxygens (including phenoxy) is 1. The monoisotopic (exact) mass is 368 g/mol. The predicted molar refractivity (Wildman–Crippen MR) is 101 cm³/mol. The smallest absolute Gasteiger partial charge is 0.245 e. The van der Waals surface area contributed by atoms with Gasteiger partial charge in [0.05, 0.1) is 11.1 Å². The van der Waals surface area contributed by atoms with Crippen LogP contribution in [0.2, 0.25) is 5.02 Å². The number of hydrogen-bond acceptors (Lipinski definition) is 3. The molecule has 0 spiro atoms. The van der Waals surface area contributed by atoms with Crippen molar-refractivity contribution in [3.8, 4) is 5.75 Å². The van der Waals surface area contributed by atoms with Gasteiger partial charge in [0.15, 0.2) is 0 Å². The Morgan fingerprint density at radius 1 is 1.17 bits per heavy atom. The second kappa shape index (κ2) is 8.92. The van der Waals surface area contributed by atoms with Crippen LogP contribution in [0.15, 0.2) is 42.5 Å². The number of amides is 1. The maximum atomic E-state index is 12.3. The summed E-state index contributed by atoms with van der Waals surface area (Å²) in [5, 5.41) is 3.22. The third kappa shape index (κ3) is 5.41. The quantitative estimate of drug-likeness (QED) is 0.816. The molecule has 4 nitrogen and oxygen atoms in total. The molecule has 2 aromatic rings. The van der Waals surface area contributed by atoms with Gasteiger partial charge in [0.2, 0.25) is 5.91 Å². The van der Waals surface area contributed by atoms with Crippen molar-refractivity contribution in [3.05, 3.63) is 58.6 Å². The lowest BCUT2D eigenvalue weighted by Crippen LogP contribution is -2.27. The van der Waals surface area contributed by atoms with Crippen molar-refractivity contribution in [1.82, 2.24) is 0 Å². The summed E-state index contributed by atoms with van der Waals surface area (Å²) in [4.78, 5) is 12.3. The minimum atomic E-state index is -0.735. The third-order valence-corrected chi connectivity index (χ3v) is 3.58. The summed E-state index contributed by atoms with van der Waals surface area (Å²) in [5.41, 5.74) is 8.46. The zero-order valence-electron chi connectivity index (χ0n) is 13.9. The second-order valence-corrected chi connectivity index (χ2v) is 6.10. The van der Waals surface area contributed by atoms with Crippen molar-refractivity contribution in [2.75, 3.05) is 5.32 Å². The topological polar surface area (TPSA) is 64.4 Å². The van der Waals surface area contributed by atoms with Crippen LogP contribution in [0, 0.1) is 6.92 Å². The Morgan fingerprint density at radius 2 is 1.79 bits per heavy atom. The van der Waals surface area contributed by atoms with E-state index in [0.717, 1.165) is 11.1 Å². The summed E-state index contributed by atoms with van der Waals surface area (Å²) in [6.45, 7) is 5.83. The van der Waals surface area contributed by atoms with Gasteiger partial charge >= 0.3 is 0 Å². The average Bonchev–Trinajstić information content (AvgIpc) is 2.49. The molecule has 3 N–H and O–H groups in total. The number of nitrogens with two attached hydrogens (primary N) is 1. The summed E-state index contributed by atoms with van der Waals surface area (Å²) in [6.07, 6.45) is 0.0305. The number of benzene rings is 2. The van der Waals surface area contributed by atoms with Crippen molar-refractivity contribution in [1.29, 1.82) is 0 Å². The molecule has 0 aliphatic carbocycles. The lowest BCUT2D eigenvalue weighted by Gasteiger charge is -2.15. The van der Waals surface area contributed by atoms with Crippen molar-refractivity contribution < 1.29 is 9.53 Å². The fraction of sp³-hybridized carbons (Fsp3) is 0.278. The van der Waals surface area contributed by atoms with Gasteiger partial charge in [0, 0.05) is 5.69 Å². The molecule has 2 rings (SSSR count). The number of hydrogen-bond donors (Lipinski definition) is 2. The lowest BCUT2D eigenvalue weighted by atomic mass is 10.1. The Bertz CT molecular complexity index is 688. The van der Waals surface area contributed by atoms with Crippen LogP contribution in [0.1, 0.15) is 31.0 Å². The molecule has 0 heterocycles. The number of carbonyl (C=O) groups excluding carboxylic acids is 1. The molecule has 2 aromatic carbocycles. The van der Waals surface area contributed by atoms with E-state index in [1.54, 1.807) is 18.2 Å². The van der Waals surface area contributed by atoms with E-state index in [2.05, 4.69) is 5.32 Å². The summed E-state index contributed by atoms with van der Waals surface area (Å²) in [5.74, 6) is 0.296. The molecule has 6 heteroatoms. The fourth-order valence-corrected chi connectivity index (χ4v) is 2.30. The molecule has 0 radical (unpaired) electrons. The van der Waals surface area contributed by atoms with Crippen molar-refractivity contribution in [2.24, 2.45) is 5.73 Å². The van der Waals surface area contributed by atoms with Gasteiger partial charge < -0.3 is 15.8 Å². The Labute approximate surface area is 153 Å². The zero-order chi connectivity index (χ0) is 17.0. The first-order valence-corrected chi connectivity index (χ1v) is 7.84. The number of aryl methyl sites for hydroxylation is 1. The van der Waals surface area contributed by atoms with Crippen molar-refractivity contribution >= 4 is 35.6 Å². The molecule has 0 aliphatic rings. The van der Waals surface area contributed by atoms with Gasteiger partial charge in [-0.2, -0.15) is 0 Å². The van der Waals surface area contributed by atoms with Gasteiger partial charge in [-0.1, -0.05) is 41.4 Å². The van der Waals surface area contributed by atoms with Crippen LogP contribution >= 0.6 is 24.0 Å². The highest BCUT2D eigenvalue weighted by Gasteiger charge is 2.16. The molecule has 1 amide bonds. The zero-order valence-corrected chi connectivity index (χ0v) is 15.4. The SMILES string of the molecule is Cc1ccc(C(N)C(=O)Nc2ccc(OC(C)C)c(Cl)c2)cc1.Cl. The van der Waals surface area contributed by atoms with Crippen LogP contribution in [-0.2, 0) is 4.79 Å². The van der Waals surface area contributed by atoms with E-state index < -0.39 is 6.04 Å². The molecule has 0 bridgehead atoms. The van der Waals surface area contributed by atoms with Crippen molar-refractivity contribution in [3.63, 3.8) is 0 Å². The molecule has 1 unspecified atom stereocenters. The minimum absolute atomic E-state index is 0. The predicted octanol–water partition coefficient (Wildman–Crippen LogP) is 4.50. The first kappa shape index (κ1) is 20.3. The van der Waals surface area contributed by atoms with Crippen LogP contribution in [0.4, 0.5) is 5.69 Å². The Kier molecular flexibility index (Phi) is 7.55. The highest BCUT2D eigenvalue weighted by molar-refractivity contribution is 6.32. The van der Waals surface area contributed by atoms with Crippen molar-refractivity contribution in [2.45, 2.75) is 32.9 Å². The van der Waals surface area contributed by atoms with Gasteiger partial charge in [-0.05, 0) is 44.5 Å². The van der Waals surface area contributed by atoms with Crippen LogP contribution in [0.3, 0.4) is 0 Å². The van der Waals surface area contributed by atoms with Crippen LogP contribution in [0.5, 0.6) is 5.75 Å². The molecule has 0 aromatic heterocycles. The third-order valence-electron chi connectivity index (χ3n) is 3.28. The lowest BCUT2D eigenvalue weighted by molar-refractivity contribution is -0.117. The van der Waals surface area contributed by atoms with E-state index >= 15 is 0 Å². The van der Waals surface area contributed by atoms with E-state index in [-0.39, 0.29) is 24.4 Å². The molecule has 0 fully saturated rings.